The lowest BCUT2D eigenvalue weighted by atomic mass is 10.1. The Balaban J connectivity index is 4.04. The van der Waals surface area contributed by atoms with E-state index in [0.717, 1.165) is 12.8 Å². The highest BCUT2D eigenvalue weighted by Gasteiger charge is 2.18. The first-order valence-corrected chi connectivity index (χ1v) is 13.0. The van der Waals surface area contributed by atoms with Gasteiger partial charge in [0.25, 0.3) is 0 Å². The smallest absolute Gasteiger partial charge is 0.306 e. The SMILES string of the molecule is CCCCCCCCCCCCOCC(COC(C)=O)OC(=O)CCC(=O)OCC(C)OC(C)=O. The lowest BCUT2D eigenvalue weighted by Crippen LogP contribution is -2.30. The second kappa shape index (κ2) is 22.3. The third-order valence-electron chi connectivity index (χ3n) is 5.10. The van der Waals surface area contributed by atoms with E-state index in [4.69, 9.17) is 23.7 Å². The maximum atomic E-state index is 12.1. The minimum Gasteiger partial charge on any atom is -0.462 e. The van der Waals surface area contributed by atoms with Gasteiger partial charge in [0, 0.05) is 20.5 Å². The molecule has 0 aliphatic heterocycles. The Morgan fingerprint density at radius 1 is 0.629 bits per heavy atom. The van der Waals surface area contributed by atoms with Gasteiger partial charge in [-0.1, -0.05) is 64.7 Å². The molecule has 0 amide bonds. The molecule has 0 rings (SSSR count). The highest BCUT2D eigenvalue weighted by atomic mass is 16.6. The van der Waals surface area contributed by atoms with E-state index in [1.54, 1.807) is 6.92 Å². The van der Waals surface area contributed by atoms with Crippen LogP contribution in [0, 0.1) is 0 Å². The Morgan fingerprint density at radius 3 is 1.77 bits per heavy atom. The Hall–Kier alpha value is -2.16. The van der Waals surface area contributed by atoms with Crippen molar-refractivity contribution in [3.8, 4) is 0 Å². The van der Waals surface area contributed by atoms with Gasteiger partial charge in [-0.3, -0.25) is 19.2 Å². The first-order chi connectivity index (χ1) is 16.7. The molecule has 0 heterocycles. The standard InChI is InChI=1S/C26H46O9/c1-5-6-7-8-9-10-11-12-13-14-17-31-19-24(20-32-22(3)27)35-26(30)16-15-25(29)33-18-21(2)34-23(4)28/h21,24H,5-20H2,1-4H3. The number of hydrogen-bond donors (Lipinski definition) is 0. The predicted octanol–water partition coefficient (Wildman–Crippen LogP) is 4.67. The molecular formula is C26H46O9. The number of rotatable bonds is 22. The largest absolute Gasteiger partial charge is 0.462 e. The molecule has 2 atom stereocenters. The fourth-order valence-electron chi connectivity index (χ4n) is 3.28. The lowest BCUT2D eigenvalue weighted by molar-refractivity contribution is -0.164. The number of hydrogen-bond acceptors (Lipinski definition) is 9. The van der Waals surface area contributed by atoms with Crippen LogP contribution >= 0.6 is 0 Å². The molecule has 0 aromatic rings. The summed E-state index contributed by atoms with van der Waals surface area (Å²) < 4.78 is 25.7. The van der Waals surface area contributed by atoms with Crippen molar-refractivity contribution in [1.29, 1.82) is 0 Å². The fraction of sp³-hybridized carbons (Fsp3) is 0.846. The summed E-state index contributed by atoms with van der Waals surface area (Å²) in [5.74, 6) is -2.16. The normalized spacial score (nSPS) is 12.5. The van der Waals surface area contributed by atoms with Crippen LogP contribution in [0.2, 0.25) is 0 Å². The van der Waals surface area contributed by atoms with E-state index in [1.165, 1.54) is 65.2 Å². The van der Waals surface area contributed by atoms with Crippen LogP contribution < -0.4 is 0 Å². The van der Waals surface area contributed by atoms with Crippen LogP contribution in [0.4, 0.5) is 0 Å². The molecule has 0 N–H and O–H groups in total. The zero-order valence-corrected chi connectivity index (χ0v) is 22.1. The molecule has 0 saturated heterocycles. The summed E-state index contributed by atoms with van der Waals surface area (Å²) in [7, 11) is 0. The van der Waals surface area contributed by atoms with Crippen molar-refractivity contribution in [2.75, 3.05) is 26.4 Å². The van der Waals surface area contributed by atoms with Crippen LogP contribution in [-0.2, 0) is 42.9 Å². The molecule has 0 bridgehead atoms. The van der Waals surface area contributed by atoms with Gasteiger partial charge in [0.1, 0.15) is 19.3 Å². The third-order valence-corrected chi connectivity index (χ3v) is 5.10. The summed E-state index contributed by atoms with van der Waals surface area (Å²) in [6, 6.07) is 0. The van der Waals surface area contributed by atoms with E-state index in [-0.39, 0.29) is 32.7 Å². The van der Waals surface area contributed by atoms with Crippen LogP contribution in [0.1, 0.15) is 105 Å². The average molecular weight is 503 g/mol. The molecule has 0 aromatic heterocycles. The molecule has 0 aromatic carbocycles. The molecule has 9 heteroatoms. The van der Waals surface area contributed by atoms with Crippen LogP contribution in [0.5, 0.6) is 0 Å². The van der Waals surface area contributed by atoms with E-state index in [2.05, 4.69) is 6.92 Å². The van der Waals surface area contributed by atoms with Gasteiger partial charge >= 0.3 is 23.9 Å². The molecule has 0 radical (unpaired) electrons. The van der Waals surface area contributed by atoms with Gasteiger partial charge in [-0.25, -0.2) is 0 Å². The Bertz CT molecular complexity index is 591. The van der Waals surface area contributed by atoms with E-state index < -0.39 is 36.1 Å². The van der Waals surface area contributed by atoms with Crippen LogP contribution in [0.15, 0.2) is 0 Å². The summed E-state index contributed by atoms with van der Waals surface area (Å²) in [5, 5.41) is 0. The molecule has 0 fully saturated rings. The maximum Gasteiger partial charge on any atom is 0.306 e. The van der Waals surface area contributed by atoms with E-state index >= 15 is 0 Å². The highest BCUT2D eigenvalue weighted by molar-refractivity contribution is 5.77. The molecule has 0 spiro atoms. The Morgan fingerprint density at radius 2 is 1.20 bits per heavy atom. The van der Waals surface area contributed by atoms with Crippen molar-refractivity contribution in [1.82, 2.24) is 0 Å². The number of carbonyl (C=O) groups excluding carboxylic acids is 4. The van der Waals surface area contributed by atoms with Crippen LogP contribution in [0.25, 0.3) is 0 Å². The minimum absolute atomic E-state index is 0.0880. The van der Waals surface area contributed by atoms with E-state index in [0.29, 0.717) is 6.61 Å². The van der Waals surface area contributed by atoms with Gasteiger partial charge < -0.3 is 23.7 Å². The van der Waals surface area contributed by atoms with Crippen molar-refractivity contribution in [3.05, 3.63) is 0 Å². The summed E-state index contributed by atoms with van der Waals surface area (Å²) in [5.41, 5.74) is 0. The van der Waals surface area contributed by atoms with Crippen molar-refractivity contribution in [2.45, 2.75) is 117 Å². The summed E-state index contributed by atoms with van der Waals surface area (Å²) in [6.07, 6.45) is 10.6. The number of esters is 4. The van der Waals surface area contributed by atoms with Gasteiger partial charge in [0.15, 0.2) is 6.10 Å². The first-order valence-electron chi connectivity index (χ1n) is 13.0. The molecule has 204 valence electrons. The summed E-state index contributed by atoms with van der Waals surface area (Å²) in [6.45, 7) is 6.82. The second-order valence-corrected chi connectivity index (χ2v) is 8.77. The van der Waals surface area contributed by atoms with Crippen LogP contribution in [0.3, 0.4) is 0 Å². The highest BCUT2D eigenvalue weighted by Crippen LogP contribution is 2.11. The van der Waals surface area contributed by atoms with Gasteiger partial charge in [0.2, 0.25) is 0 Å². The third kappa shape index (κ3) is 23.4. The number of ether oxygens (including phenoxy) is 5. The minimum atomic E-state index is -0.741. The first kappa shape index (κ1) is 32.8. The average Bonchev–Trinajstić information content (AvgIpc) is 2.79. The zero-order chi connectivity index (χ0) is 26.3. The molecule has 0 saturated carbocycles. The van der Waals surface area contributed by atoms with Gasteiger partial charge in [-0.15, -0.1) is 0 Å². The number of unbranched alkanes of at least 4 members (excludes halogenated alkanes) is 9. The second-order valence-electron chi connectivity index (χ2n) is 8.77. The zero-order valence-electron chi connectivity index (χ0n) is 22.1. The van der Waals surface area contributed by atoms with Crippen LogP contribution in [-0.4, -0.2) is 62.5 Å². The Labute approximate surface area is 210 Å². The van der Waals surface area contributed by atoms with Crippen molar-refractivity contribution >= 4 is 23.9 Å². The van der Waals surface area contributed by atoms with Crippen molar-refractivity contribution in [3.63, 3.8) is 0 Å². The van der Waals surface area contributed by atoms with Gasteiger partial charge in [-0.05, 0) is 13.3 Å². The molecule has 0 aliphatic rings. The fourth-order valence-corrected chi connectivity index (χ4v) is 3.28. The quantitative estimate of drug-likeness (QED) is 0.118. The van der Waals surface area contributed by atoms with Gasteiger partial charge in [0.05, 0.1) is 19.4 Å². The van der Waals surface area contributed by atoms with Gasteiger partial charge in [-0.2, -0.15) is 0 Å². The molecular weight excluding hydrogens is 456 g/mol. The molecule has 35 heavy (non-hydrogen) atoms. The Kier molecular flexibility index (Phi) is 20.9. The maximum absolute atomic E-state index is 12.1. The molecule has 2 unspecified atom stereocenters. The predicted molar refractivity (Wildman–Crippen MR) is 131 cm³/mol. The van der Waals surface area contributed by atoms with E-state index in [1.807, 2.05) is 0 Å². The lowest BCUT2D eigenvalue weighted by Gasteiger charge is -2.18. The monoisotopic (exact) mass is 502 g/mol. The summed E-state index contributed by atoms with van der Waals surface area (Å²) >= 11 is 0. The topological polar surface area (TPSA) is 114 Å². The van der Waals surface area contributed by atoms with E-state index in [9.17, 15) is 19.2 Å². The summed E-state index contributed by atoms with van der Waals surface area (Å²) in [4.78, 5) is 45.9. The molecule has 9 nitrogen and oxygen atoms in total. The van der Waals surface area contributed by atoms with Crippen molar-refractivity contribution < 1.29 is 42.9 Å². The molecule has 0 aliphatic carbocycles. The van der Waals surface area contributed by atoms with Crippen molar-refractivity contribution in [2.24, 2.45) is 0 Å². The number of carbonyl (C=O) groups is 4.